The van der Waals surface area contributed by atoms with Gasteiger partial charge >= 0.3 is 0 Å². The molecule has 1 aromatic rings. The Morgan fingerprint density at radius 2 is 2.46 bits per heavy atom. The molecule has 1 heterocycles. The Morgan fingerprint density at radius 1 is 1.69 bits per heavy atom. The molecule has 0 saturated carbocycles. The average Bonchev–Trinajstić information content (AvgIpc) is 2.48. The summed E-state index contributed by atoms with van der Waals surface area (Å²) in [5.41, 5.74) is 2.91. The third kappa shape index (κ3) is 3.72. The molecule has 0 aliphatic rings. The van der Waals surface area contributed by atoms with Crippen molar-refractivity contribution in [1.82, 2.24) is 9.88 Å². The first kappa shape index (κ1) is 11.1. The van der Waals surface area contributed by atoms with Gasteiger partial charge in [-0.2, -0.15) is 0 Å². The predicted molar refractivity (Wildman–Crippen MR) is 57.9 cm³/mol. The molecule has 13 heavy (non-hydrogen) atoms. The third-order valence-electron chi connectivity index (χ3n) is 1.71. The van der Waals surface area contributed by atoms with Crippen LogP contribution in [0.5, 0.6) is 0 Å². The number of aromatic nitrogens is 1. The second-order valence-corrected chi connectivity index (χ2v) is 5.06. The number of hydrogen-bond acceptors (Lipinski definition) is 4. The van der Waals surface area contributed by atoms with Crippen LogP contribution in [0.1, 0.15) is 12.1 Å². The minimum atomic E-state index is 0.253. The Morgan fingerprint density at radius 3 is 3.00 bits per heavy atom. The van der Waals surface area contributed by atoms with Crippen molar-refractivity contribution in [3.05, 3.63) is 15.0 Å². The minimum absolute atomic E-state index is 0.253. The van der Waals surface area contributed by atoms with Gasteiger partial charge < -0.3 is 10.0 Å². The van der Waals surface area contributed by atoms with E-state index in [0.717, 1.165) is 29.0 Å². The number of aliphatic hydroxyl groups is 1. The Balaban J connectivity index is 2.36. The highest BCUT2D eigenvalue weighted by Gasteiger charge is 2.05. The molecule has 0 amide bonds. The SMILES string of the molecule is CN(CCCO)Cc1ncsc1Br. The van der Waals surface area contributed by atoms with Crippen molar-refractivity contribution in [2.45, 2.75) is 13.0 Å². The molecule has 0 fully saturated rings. The van der Waals surface area contributed by atoms with Crippen LogP contribution in [-0.2, 0) is 6.54 Å². The first-order valence-corrected chi connectivity index (χ1v) is 5.78. The van der Waals surface area contributed by atoms with Crippen molar-refractivity contribution in [2.75, 3.05) is 20.2 Å². The standard InChI is InChI=1S/C8H13BrN2OS/c1-11(3-2-4-12)5-7-8(9)13-6-10-7/h6,12H,2-5H2,1H3. The Bertz CT molecular complexity index is 254. The van der Waals surface area contributed by atoms with Crippen molar-refractivity contribution in [2.24, 2.45) is 0 Å². The molecule has 0 spiro atoms. The van der Waals surface area contributed by atoms with Crippen LogP contribution in [0.4, 0.5) is 0 Å². The molecule has 1 aromatic heterocycles. The molecule has 0 saturated heterocycles. The summed E-state index contributed by atoms with van der Waals surface area (Å²) in [6.07, 6.45) is 0.818. The Kier molecular flexibility index (Phi) is 4.87. The van der Waals surface area contributed by atoms with Crippen LogP contribution < -0.4 is 0 Å². The van der Waals surface area contributed by atoms with Gasteiger partial charge in [-0.3, -0.25) is 0 Å². The van der Waals surface area contributed by atoms with Crippen LogP contribution >= 0.6 is 27.3 Å². The number of halogens is 1. The monoisotopic (exact) mass is 264 g/mol. The van der Waals surface area contributed by atoms with E-state index in [1.165, 1.54) is 0 Å². The second-order valence-electron chi connectivity index (χ2n) is 2.89. The van der Waals surface area contributed by atoms with Gasteiger partial charge in [-0.1, -0.05) is 0 Å². The third-order valence-corrected chi connectivity index (χ3v) is 3.38. The zero-order valence-corrected chi connectivity index (χ0v) is 9.94. The molecule has 0 aliphatic carbocycles. The largest absolute Gasteiger partial charge is 0.396 e. The van der Waals surface area contributed by atoms with Gasteiger partial charge in [-0.05, 0) is 29.4 Å². The molecular weight excluding hydrogens is 252 g/mol. The maximum atomic E-state index is 8.65. The fourth-order valence-corrected chi connectivity index (χ4v) is 2.04. The summed E-state index contributed by atoms with van der Waals surface area (Å²) in [5, 5.41) is 8.65. The van der Waals surface area contributed by atoms with E-state index in [1.54, 1.807) is 11.3 Å². The predicted octanol–water partition coefficient (Wildman–Crippen LogP) is 1.72. The lowest BCUT2D eigenvalue weighted by Gasteiger charge is -2.14. The van der Waals surface area contributed by atoms with Crippen LogP contribution in [-0.4, -0.2) is 35.2 Å². The van der Waals surface area contributed by atoms with Crippen LogP contribution in [0.3, 0.4) is 0 Å². The van der Waals surface area contributed by atoms with Crippen LogP contribution in [0.25, 0.3) is 0 Å². The molecule has 0 radical (unpaired) electrons. The first-order chi connectivity index (χ1) is 6.24. The lowest BCUT2D eigenvalue weighted by molar-refractivity contribution is 0.243. The van der Waals surface area contributed by atoms with Crippen molar-refractivity contribution >= 4 is 27.3 Å². The molecule has 0 aromatic carbocycles. The van der Waals surface area contributed by atoms with Gasteiger partial charge in [-0.25, -0.2) is 4.98 Å². The van der Waals surface area contributed by atoms with Gasteiger partial charge in [0.2, 0.25) is 0 Å². The topological polar surface area (TPSA) is 36.4 Å². The zero-order valence-electron chi connectivity index (χ0n) is 7.53. The number of rotatable bonds is 5. The van der Waals surface area contributed by atoms with Gasteiger partial charge in [0.25, 0.3) is 0 Å². The van der Waals surface area contributed by atoms with E-state index in [0.29, 0.717) is 0 Å². The Hall–Kier alpha value is 0.0300. The zero-order chi connectivity index (χ0) is 9.68. The molecular formula is C8H13BrN2OS. The number of thiazole rings is 1. The van der Waals surface area contributed by atoms with Gasteiger partial charge in [0.1, 0.15) is 0 Å². The van der Waals surface area contributed by atoms with E-state index in [1.807, 2.05) is 12.6 Å². The molecule has 0 aliphatic heterocycles. The fraction of sp³-hybridized carbons (Fsp3) is 0.625. The summed E-state index contributed by atoms with van der Waals surface area (Å²) < 4.78 is 1.10. The summed E-state index contributed by atoms with van der Waals surface area (Å²) in [4.78, 5) is 6.38. The molecule has 3 nitrogen and oxygen atoms in total. The maximum absolute atomic E-state index is 8.65. The van der Waals surface area contributed by atoms with Gasteiger partial charge in [0.15, 0.2) is 0 Å². The smallest absolute Gasteiger partial charge is 0.0942 e. The van der Waals surface area contributed by atoms with E-state index in [2.05, 4.69) is 25.8 Å². The molecule has 0 bridgehead atoms. The van der Waals surface area contributed by atoms with Crippen molar-refractivity contribution in [1.29, 1.82) is 0 Å². The molecule has 1 N–H and O–H groups in total. The van der Waals surface area contributed by atoms with E-state index in [4.69, 9.17) is 5.11 Å². The van der Waals surface area contributed by atoms with Crippen molar-refractivity contribution < 1.29 is 5.11 Å². The Labute approximate surface area is 90.5 Å². The number of hydrogen-bond donors (Lipinski definition) is 1. The fourth-order valence-electron chi connectivity index (χ4n) is 1.03. The second kappa shape index (κ2) is 5.70. The van der Waals surface area contributed by atoms with E-state index >= 15 is 0 Å². The highest BCUT2D eigenvalue weighted by molar-refractivity contribution is 9.11. The average molecular weight is 265 g/mol. The first-order valence-electron chi connectivity index (χ1n) is 4.11. The van der Waals surface area contributed by atoms with Crippen molar-refractivity contribution in [3.63, 3.8) is 0 Å². The van der Waals surface area contributed by atoms with Crippen molar-refractivity contribution in [3.8, 4) is 0 Å². The molecule has 0 unspecified atom stereocenters. The lowest BCUT2D eigenvalue weighted by Crippen LogP contribution is -2.20. The summed E-state index contributed by atoms with van der Waals surface area (Å²) in [6.45, 7) is 1.99. The van der Waals surface area contributed by atoms with Crippen LogP contribution in [0.15, 0.2) is 9.30 Å². The number of nitrogens with zero attached hydrogens (tertiary/aromatic N) is 2. The normalized spacial score (nSPS) is 11.1. The quantitative estimate of drug-likeness (QED) is 0.880. The molecule has 74 valence electrons. The molecule has 5 heteroatoms. The van der Waals surface area contributed by atoms with E-state index < -0.39 is 0 Å². The highest BCUT2D eigenvalue weighted by Crippen LogP contribution is 2.21. The van der Waals surface area contributed by atoms with Crippen LogP contribution in [0.2, 0.25) is 0 Å². The lowest BCUT2D eigenvalue weighted by atomic mass is 10.4. The maximum Gasteiger partial charge on any atom is 0.0942 e. The molecule has 1 rings (SSSR count). The number of aliphatic hydroxyl groups excluding tert-OH is 1. The van der Waals surface area contributed by atoms with E-state index in [-0.39, 0.29) is 6.61 Å². The van der Waals surface area contributed by atoms with E-state index in [9.17, 15) is 0 Å². The summed E-state index contributed by atoms with van der Waals surface area (Å²) in [6, 6.07) is 0. The minimum Gasteiger partial charge on any atom is -0.396 e. The van der Waals surface area contributed by atoms with Gasteiger partial charge in [0, 0.05) is 19.7 Å². The summed E-state index contributed by atoms with van der Waals surface area (Å²) >= 11 is 5.04. The van der Waals surface area contributed by atoms with Gasteiger partial charge in [0.05, 0.1) is 15.0 Å². The summed E-state index contributed by atoms with van der Waals surface area (Å²) in [5.74, 6) is 0. The van der Waals surface area contributed by atoms with Crippen LogP contribution in [0, 0.1) is 0 Å². The highest BCUT2D eigenvalue weighted by atomic mass is 79.9. The molecule has 0 atom stereocenters. The van der Waals surface area contributed by atoms with Gasteiger partial charge in [-0.15, -0.1) is 11.3 Å². The summed E-state index contributed by atoms with van der Waals surface area (Å²) in [7, 11) is 2.03.